The van der Waals surface area contributed by atoms with Gasteiger partial charge in [0.05, 0.1) is 30.0 Å². The van der Waals surface area contributed by atoms with Crippen molar-refractivity contribution < 1.29 is 19.4 Å². The van der Waals surface area contributed by atoms with E-state index in [4.69, 9.17) is 16.2 Å². The number of Topliss-reactive ketones (excluding diaryl/α,β-unsaturated/α-hetero) is 2. The zero-order valence-corrected chi connectivity index (χ0v) is 20.2. The second-order valence-corrected chi connectivity index (χ2v) is 8.90. The standard InChI is InChI=1S/C23H35N3O4.C2H6/c1-3-6-17(20(29)16-7-4-5-8-18(16)28)19(24)22(25)26-21-15(14(2)27)9-10-23(21)11-12-30-13-23;1-2/h14,16,27H,3-13,24H2,1-2H3,(H2,25,26);1-2H3/b19-17-;. The molecule has 0 aromatic carbocycles. The van der Waals surface area contributed by atoms with Gasteiger partial charge in [-0.2, -0.15) is 0 Å². The topological polar surface area (TPSA) is 128 Å². The number of allylic oxidation sites excluding steroid dienone is 1. The molecular weight excluding hydrogens is 406 g/mol. The summed E-state index contributed by atoms with van der Waals surface area (Å²) in [4.78, 5) is 30.1. The van der Waals surface area contributed by atoms with Gasteiger partial charge in [-0.15, -0.1) is 0 Å². The molecular formula is C25H41N3O4. The molecule has 32 heavy (non-hydrogen) atoms. The van der Waals surface area contributed by atoms with E-state index < -0.39 is 12.0 Å². The number of aliphatic hydroxyl groups is 1. The maximum atomic E-state index is 13.2. The molecule has 2 fully saturated rings. The van der Waals surface area contributed by atoms with Crippen molar-refractivity contribution in [2.45, 2.75) is 91.6 Å². The van der Waals surface area contributed by atoms with Crippen LogP contribution in [0.5, 0.6) is 0 Å². The van der Waals surface area contributed by atoms with Crippen molar-refractivity contribution in [3.8, 4) is 0 Å². The minimum absolute atomic E-state index is 0.000105. The van der Waals surface area contributed by atoms with Crippen molar-refractivity contribution in [1.29, 1.82) is 0 Å². The molecule has 1 saturated heterocycles. The molecule has 7 nitrogen and oxygen atoms in total. The number of hydrogen-bond acceptors (Lipinski definition) is 6. The Morgan fingerprint density at radius 1 is 1.25 bits per heavy atom. The van der Waals surface area contributed by atoms with Crippen LogP contribution in [-0.2, 0) is 14.3 Å². The molecule has 180 valence electrons. The molecule has 1 spiro atoms. The van der Waals surface area contributed by atoms with E-state index in [1.165, 1.54) is 0 Å². The number of aliphatic imine (C=N–C) groups is 1. The summed E-state index contributed by atoms with van der Waals surface area (Å²) in [6.45, 7) is 8.90. The molecule has 0 amide bonds. The zero-order chi connectivity index (χ0) is 23.9. The monoisotopic (exact) mass is 447 g/mol. The summed E-state index contributed by atoms with van der Waals surface area (Å²) in [6.07, 6.45) is 5.73. The molecule has 1 heterocycles. The molecule has 3 rings (SSSR count). The molecule has 0 bridgehead atoms. The highest BCUT2D eigenvalue weighted by molar-refractivity contribution is 6.14. The Labute approximate surface area is 192 Å². The van der Waals surface area contributed by atoms with Gasteiger partial charge in [0.25, 0.3) is 0 Å². The van der Waals surface area contributed by atoms with Crippen LogP contribution < -0.4 is 11.5 Å². The zero-order valence-electron chi connectivity index (χ0n) is 20.2. The normalized spacial score (nSPS) is 27.8. The molecule has 3 aliphatic rings. The number of rotatable bonds is 7. The van der Waals surface area contributed by atoms with Gasteiger partial charge in [0.1, 0.15) is 11.6 Å². The molecule has 7 heteroatoms. The molecule has 2 aliphatic carbocycles. The van der Waals surface area contributed by atoms with E-state index in [1.807, 2.05) is 20.8 Å². The van der Waals surface area contributed by atoms with Gasteiger partial charge in [0, 0.05) is 24.0 Å². The second-order valence-electron chi connectivity index (χ2n) is 8.90. The van der Waals surface area contributed by atoms with E-state index in [1.54, 1.807) is 6.92 Å². The summed E-state index contributed by atoms with van der Waals surface area (Å²) < 4.78 is 5.64. The Morgan fingerprint density at radius 3 is 2.53 bits per heavy atom. The van der Waals surface area contributed by atoms with E-state index in [-0.39, 0.29) is 28.5 Å². The Hall–Kier alpha value is -1.99. The molecule has 0 aromatic heterocycles. The second kappa shape index (κ2) is 11.8. The fourth-order valence-electron chi connectivity index (χ4n) is 4.99. The van der Waals surface area contributed by atoms with Gasteiger partial charge >= 0.3 is 0 Å². The number of nitrogens with two attached hydrogens (primary N) is 2. The van der Waals surface area contributed by atoms with Crippen molar-refractivity contribution in [2.24, 2.45) is 27.8 Å². The number of amidine groups is 1. The Kier molecular flexibility index (Phi) is 9.64. The highest BCUT2D eigenvalue weighted by Gasteiger charge is 2.45. The maximum Gasteiger partial charge on any atom is 0.171 e. The van der Waals surface area contributed by atoms with Crippen molar-refractivity contribution in [3.05, 3.63) is 22.5 Å². The van der Waals surface area contributed by atoms with Crippen LogP contribution in [0.3, 0.4) is 0 Å². The van der Waals surface area contributed by atoms with Crippen LogP contribution in [-0.4, -0.2) is 41.8 Å². The van der Waals surface area contributed by atoms with Gasteiger partial charge in [-0.1, -0.05) is 33.6 Å². The summed E-state index contributed by atoms with van der Waals surface area (Å²) in [5, 5.41) is 10.3. The summed E-state index contributed by atoms with van der Waals surface area (Å²) in [6, 6.07) is 0. The van der Waals surface area contributed by atoms with Crippen molar-refractivity contribution in [2.75, 3.05) is 13.2 Å². The van der Waals surface area contributed by atoms with E-state index in [2.05, 4.69) is 4.99 Å². The van der Waals surface area contributed by atoms with E-state index in [0.717, 1.165) is 49.8 Å². The first-order chi connectivity index (χ1) is 15.3. The molecule has 3 unspecified atom stereocenters. The van der Waals surface area contributed by atoms with Crippen LogP contribution in [0.15, 0.2) is 27.5 Å². The van der Waals surface area contributed by atoms with Crippen molar-refractivity contribution in [3.63, 3.8) is 0 Å². The first-order valence-electron chi connectivity index (χ1n) is 12.2. The van der Waals surface area contributed by atoms with Crippen LogP contribution in [0.25, 0.3) is 0 Å². The van der Waals surface area contributed by atoms with Gasteiger partial charge < -0.3 is 21.3 Å². The summed E-state index contributed by atoms with van der Waals surface area (Å²) in [7, 11) is 0. The van der Waals surface area contributed by atoms with Crippen LogP contribution in [0.4, 0.5) is 0 Å². The number of ketones is 2. The SMILES string of the molecule is CC.CCC/C(C(=O)C1CCCCC1=O)=C(/N)C(N)=NC1=C(C(C)O)CCC12CCOC2. The predicted molar refractivity (Wildman–Crippen MR) is 127 cm³/mol. The molecule has 0 aromatic rings. The summed E-state index contributed by atoms with van der Waals surface area (Å²) in [5.41, 5.74) is 14.6. The highest BCUT2D eigenvalue weighted by Crippen LogP contribution is 2.50. The van der Waals surface area contributed by atoms with Gasteiger partial charge in [0.2, 0.25) is 0 Å². The maximum absolute atomic E-state index is 13.2. The van der Waals surface area contributed by atoms with E-state index >= 15 is 0 Å². The van der Waals surface area contributed by atoms with E-state index in [9.17, 15) is 14.7 Å². The molecule has 1 saturated carbocycles. The van der Waals surface area contributed by atoms with Gasteiger partial charge in [-0.25, -0.2) is 4.99 Å². The number of hydrogen-bond donors (Lipinski definition) is 3. The average Bonchev–Trinajstić information content (AvgIpc) is 3.41. The largest absolute Gasteiger partial charge is 0.395 e. The fourth-order valence-corrected chi connectivity index (χ4v) is 4.99. The number of nitrogens with zero attached hydrogens (tertiary/aromatic N) is 1. The predicted octanol–water partition coefficient (Wildman–Crippen LogP) is 3.55. The lowest BCUT2D eigenvalue weighted by Gasteiger charge is -2.24. The smallest absolute Gasteiger partial charge is 0.171 e. The van der Waals surface area contributed by atoms with Gasteiger partial charge in [0.15, 0.2) is 5.78 Å². The number of ether oxygens (including phenoxy) is 1. The number of carbonyl (C=O) groups excluding carboxylic acids is 2. The third kappa shape index (κ3) is 5.49. The third-order valence-electron chi connectivity index (χ3n) is 6.79. The fraction of sp³-hybridized carbons (Fsp3) is 0.720. The Balaban J connectivity index is 0.00000176. The van der Waals surface area contributed by atoms with Gasteiger partial charge in [-0.3, -0.25) is 9.59 Å². The molecule has 0 radical (unpaired) electrons. The lowest BCUT2D eigenvalue weighted by Crippen LogP contribution is -2.33. The number of aliphatic hydroxyl groups excluding tert-OH is 1. The molecule has 5 N–H and O–H groups in total. The van der Waals surface area contributed by atoms with Gasteiger partial charge in [-0.05, 0) is 51.0 Å². The van der Waals surface area contributed by atoms with Crippen molar-refractivity contribution in [1.82, 2.24) is 0 Å². The first kappa shape index (κ1) is 26.3. The van der Waals surface area contributed by atoms with Crippen LogP contribution >= 0.6 is 0 Å². The first-order valence-corrected chi connectivity index (χ1v) is 12.2. The van der Waals surface area contributed by atoms with Crippen LogP contribution in [0, 0.1) is 11.3 Å². The molecule has 3 atom stereocenters. The minimum Gasteiger partial charge on any atom is -0.395 e. The van der Waals surface area contributed by atoms with Crippen molar-refractivity contribution >= 4 is 17.4 Å². The average molecular weight is 448 g/mol. The number of carbonyl (C=O) groups is 2. The minimum atomic E-state index is -0.627. The van der Waals surface area contributed by atoms with Crippen LogP contribution in [0.2, 0.25) is 0 Å². The van der Waals surface area contributed by atoms with E-state index in [0.29, 0.717) is 38.0 Å². The summed E-state index contributed by atoms with van der Waals surface area (Å²) in [5.74, 6) is -0.719. The Morgan fingerprint density at radius 2 is 1.97 bits per heavy atom. The molecule has 1 aliphatic heterocycles. The quantitative estimate of drug-likeness (QED) is 0.237. The third-order valence-corrected chi connectivity index (χ3v) is 6.79. The lowest BCUT2D eigenvalue weighted by atomic mass is 9.81. The highest BCUT2D eigenvalue weighted by atomic mass is 16.5. The lowest BCUT2D eigenvalue weighted by molar-refractivity contribution is -0.132. The van der Waals surface area contributed by atoms with Crippen LogP contribution in [0.1, 0.15) is 85.5 Å². The Bertz CT molecular complexity index is 789. The summed E-state index contributed by atoms with van der Waals surface area (Å²) >= 11 is 0.